The van der Waals surface area contributed by atoms with Crippen LogP contribution < -0.4 is 11.5 Å². The van der Waals surface area contributed by atoms with Crippen molar-refractivity contribution in [2.75, 3.05) is 0 Å². The lowest BCUT2D eigenvalue weighted by atomic mass is 10.0. The molecule has 2 aromatic rings. The van der Waals surface area contributed by atoms with Crippen molar-refractivity contribution in [2.45, 2.75) is 51.6 Å². The molecule has 4 nitrogen and oxygen atoms in total. The van der Waals surface area contributed by atoms with Gasteiger partial charge in [-0.05, 0) is 61.1 Å². The predicted octanol–water partition coefficient (Wildman–Crippen LogP) is 2.70. The molecule has 2 heterocycles. The van der Waals surface area contributed by atoms with Crippen molar-refractivity contribution in [2.24, 2.45) is 11.5 Å². The maximum absolute atomic E-state index is 6.04. The van der Waals surface area contributed by atoms with Crippen molar-refractivity contribution >= 4 is 0 Å². The van der Waals surface area contributed by atoms with Gasteiger partial charge in [0.1, 0.15) is 0 Å². The van der Waals surface area contributed by atoms with Crippen molar-refractivity contribution in [1.29, 1.82) is 0 Å². The first-order valence-electron chi connectivity index (χ1n) is 8.03. The van der Waals surface area contributed by atoms with E-state index in [-0.39, 0.29) is 12.1 Å². The van der Waals surface area contributed by atoms with Crippen LogP contribution in [0.5, 0.6) is 0 Å². The number of nitrogens with zero attached hydrogens (tertiary/aromatic N) is 2. The van der Waals surface area contributed by atoms with Crippen LogP contribution in [-0.4, -0.2) is 22.1 Å². The third kappa shape index (κ3) is 4.61. The predicted molar refractivity (Wildman–Crippen MR) is 91.4 cm³/mol. The second-order valence-electron chi connectivity index (χ2n) is 5.84. The molecule has 4 heteroatoms. The SMILES string of the molecule is CCC(N)Cc1ccnc(-c2cc(CC(N)CC)ccn2)c1. The monoisotopic (exact) mass is 298 g/mol. The van der Waals surface area contributed by atoms with Crippen molar-refractivity contribution in [3.8, 4) is 11.4 Å². The molecule has 118 valence electrons. The largest absolute Gasteiger partial charge is 0.327 e. The summed E-state index contributed by atoms with van der Waals surface area (Å²) in [4.78, 5) is 8.90. The quantitative estimate of drug-likeness (QED) is 0.824. The first-order chi connectivity index (χ1) is 10.6. The molecule has 2 aromatic heterocycles. The topological polar surface area (TPSA) is 77.8 Å². The summed E-state index contributed by atoms with van der Waals surface area (Å²) in [6.07, 6.45) is 7.35. The molecule has 0 aliphatic heterocycles. The van der Waals surface area contributed by atoms with E-state index >= 15 is 0 Å². The highest BCUT2D eigenvalue weighted by Crippen LogP contribution is 2.18. The molecule has 0 radical (unpaired) electrons. The van der Waals surface area contributed by atoms with Gasteiger partial charge in [0.15, 0.2) is 0 Å². The molecule has 0 amide bonds. The Morgan fingerprint density at radius 3 is 1.59 bits per heavy atom. The minimum Gasteiger partial charge on any atom is -0.327 e. The summed E-state index contributed by atoms with van der Waals surface area (Å²) in [5, 5.41) is 0. The fourth-order valence-corrected chi connectivity index (χ4v) is 2.38. The molecule has 0 bridgehead atoms. The fourth-order valence-electron chi connectivity index (χ4n) is 2.38. The van der Waals surface area contributed by atoms with Gasteiger partial charge in [0.05, 0.1) is 11.4 Å². The molecule has 0 saturated heterocycles. The van der Waals surface area contributed by atoms with E-state index in [1.165, 1.54) is 11.1 Å². The van der Waals surface area contributed by atoms with Gasteiger partial charge in [0.25, 0.3) is 0 Å². The minimum absolute atomic E-state index is 0.192. The van der Waals surface area contributed by atoms with Gasteiger partial charge in [-0.2, -0.15) is 0 Å². The summed E-state index contributed by atoms with van der Waals surface area (Å²) < 4.78 is 0. The van der Waals surface area contributed by atoms with E-state index in [0.29, 0.717) is 0 Å². The summed E-state index contributed by atoms with van der Waals surface area (Å²) in [5.41, 5.74) is 16.3. The molecule has 2 atom stereocenters. The Morgan fingerprint density at radius 2 is 1.23 bits per heavy atom. The molecule has 0 aromatic carbocycles. The molecule has 2 rings (SSSR count). The lowest BCUT2D eigenvalue weighted by Crippen LogP contribution is -2.21. The minimum atomic E-state index is 0.192. The number of hydrogen-bond acceptors (Lipinski definition) is 4. The maximum atomic E-state index is 6.04. The zero-order valence-electron chi connectivity index (χ0n) is 13.5. The van der Waals surface area contributed by atoms with Gasteiger partial charge in [-0.3, -0.25) is 9.97 Å². The van der Waals surface area contributed by atoms with E-state index in [9.17, 15) is 0 Å². The van der Waals surface area contributed by atoms with Crippen molar-refractivity contribution in [1.82, 2.24) is 9.97 Å². The molecule has 0 saturated carbocycles. The highest BCUT2D eigenvalue weighted by Gasteiger charge is 2.08. The van der Waals surface area contributed by atoms with E-state index in [2.05, 4.69) is 35.9 Å². The van der Waals surface area contributed by atoms with Gasteiger partial charge in [0, 0.05) is 24.5 Å². The van der Waals surface area contributed by atoms with E-state index in [0.717, 1.165) is 37.1 Å². The van der Waals surface area contributed by atoms with E-state index in [1.807, 2.05) is 24.5 Å². The van der Waals surface area contributed by atoms with E-state index in [1.54, 1.807) is 0 Å². The maximum Gasteiger partial charge on any atom is 0.0888 e. The standard InChI is InChI=1S/C18H26N4/c1-3-15(19)9-13-5-7-21-17(11-13)18-12-14(6-8-22-18)10-16(20)4-2/h5-8,11-12,15-16H,3-4,9-10,19-20H2,1-2H3. The molecule has 0 spiro atoms. The van der Waals surface area contributed by atoms with Gasteiger partial charge in [0.2, 0.25) is 0 Å². The Balaban J connectivity index is 2.20. The Kier molecular flexibility index (Phi) is 6.04. The van der Waals surface area contributed by atoms with Crippen LogP contribution in [0.4, 0.5) is 0 Å². The summed E-state index contributed by atoms with van der Waals surface area (Å²) >= 11 is 0. The van der Waals surface area contributed by atoms with Crippen LogP contribution in [-0.2, 0) is 12.8 Å². The third-order valence-corrected chi connectivity index (χ3v) is 3.96. The molecule has 4 N–H and O–H groups in total. The van der Waals surface area contributed by atoms with Crippen LogP contribution in [0.2, 0.25) is 0 Å². The molecular formula is C18H26N4. The zero-order valence-corrected chi connectivity index (χ0v) is 13.5. The number of pyridine rings is 2. The summed E-state index contributed by atoms with van der Waals surface area (Å²) in [6.45, 7) is 4.21. The van der Waals surface area contributed by atoms with Crippen LogP contribution in [0, 0.1) is 0 Å². The van der Waals surface area contributed by atoms with E-state index in [4.69, 9.17) is 11.5 Å². The highest BCUT2D eigenvalue weighted by molar-refractivity contribution is 5.55. The van der Waals surface area contributed by atoms with Crippen LogP contribution in [0.1, 0.15) is 37.8 Å². The molecule has 2 unspecified atom stereocenters. The van der Waals surface area contributed by atoms with Crippen LogP contribution in [0.3, 0.4) is 0 Å². The molecule has 0 aliphatic carbocycles. The van der Waals surface area contributed by atoms with Crippen LogP contribution in [0.25, 0.3) is 11.4 Å². The number of hydrogen-bond donors (Lipinski definition) is 2. The lowest BCUT2D eigenvalue weighted by molar-refractivity contribution is 0.645. The first-order valence-corrected chi connectivity index (χ1v) is 8.03. The van der Waals surface area contributed by atoms with Crippen molar-refractivity contribution in [3.63, 3.8) is 0 Å². The molecule has 0 fully saturated rings. The Bertz CT molecular complexity index is 544. The molecular weight excluding hydrogens is 272 g/mol. The van der Waals surface area contributed by atoms with Gasteiger partial charge in [-0.15, -0.1) is 0 Å². The highest BCUT2D eigenvalue weighted by atomic mass is 14.8. The van der Waals surface area contributed by atoms with Gasteiger partial charge in [-0.1, -0.05) is 13.8 Å². The Labute approximate surface area is 133 Å². The van der Waals surface area contributed by atoms with Gasteiger partial charge in [-0.25, -0.2) is 0 Å². The van der Waals surface area contributed by atoms with E-state index < -0.39 is 0 Å². The van der Waals surface area contributed by atoms with Gasteiger partial charge < -0.3 is 11.5 Å². The van der Waals surface area contributed by atoms with Crippen molar-refractivity contribution in [3.05, 3.63) is 47.8 Å². The second kappa shape index (κ2) is 8.01. The molecule has 22 heavy (non-hydrogen) atoms. The normalized spacial score (nSPS) is 13.8. The first kappa shape index (κ1) is 16.6. The van der Waals surface area contributed by atoms with Crippen LogP contribution in [0.15, 0.2) is 36.7 Å². The summed E-state index contributed by atoms with van der Waals surface area (Å²) in [7, 11) is 0. The zero-order chi connectivity index (χ0) is 15.9. The smallest absolute Gasteiger partial charge is 0.0888 e. The number of rotatable bonds is 7. The Hall–Kier alpha value is -1.78. The third-order valence-electron chi connectivity index (χ3n) is 3.96. The summed E-state index contributed by atoms with van der Waals surface area (Å²) in [5.74, 6) is 0. The Morgan fingerprint density at radius 1 is 0.818 bits per heavy atom. The number of nitrogens with two attached hydrogens (primary N) is 2. The number of aromatic nitrogens is 2. The fraction of sp³-hybridized carbons (Fsp3) is 0.444. The average Bonchev–Trinajstić information content (AvgIpc) is 2.55. The molecule has 0 aliphatic rings. The van der Waals surface area contributed by atoms with Gasteiger partial charge >= 0.3 is 0 Å². The van der Waals surface area contributed by atoms with Crippen LogP contribution >= 0.6 is 0 Å². The van der Waals surface area contributed by atoms with Crippen molar-refractivity contribution < 1.29 is 0 Å². The second-order valence-corrected chi connectivity index (χ2v) is 5.84. The lowest BCUT2D eigenvalue weighted by Gasteiger charge is -2.11. The summed E-state index contributed by atoms with van der Waals surface area (Å²) in [6, 6.07) is 8.60. The average molecular weight is 298 g/mol.